The summed E-state index contributed by atoms with van der Waals surface area (Å²) in [6, 6.07) is 22.3. The van der Waals surface area contributed by atoms with Gasteiger partial charge in [0.15, 0.2) is 0 Å². The second-order valence-electron chi connectivity index (χ2n) is 8.64. The van der Waals surface area contributed by atoms with Gasteiger partial charge in [-0.1, -0.05) is 72.8 Å². The molecular formula is C27H28FN3O3. The number of aliphatic hydroxyl groups excluding tert-OH is 1. The molecule has 1 aliphatic heterocycles. The molecule has 0 spiro atoms. The predicted molar refractivity (Wildman–Crippen MR) is 127 cm³/mol. The van der Waals surface area contributed by atoms with E-state index in [4.69, 9.17) is 5.73 Å². The van der Waals surface area contributed by atoms with E-state index >= 15 is 0 Å². The predicted octanol–water partition coefficient (Wildman–Crippen LogP) is 2.73. The fourth-order valence-corrected chi connectivity index (χ4v) is 4.51. The highest BCUT2D eigenvalue weighted by molar-refractivity contribution is 5.91. The monoisotopic (exact) mass is 461 g/mol. The summed E-state index contributed by atoms with van der Waals surface area (Å²) in [7, 11) is 0. The number of carbonyl (C=O) groups is 2. The van der Waals surface area contributed by atoms with Crippen molar-refractivity contribution in [3.8, 4) is 0 Å². The summed E-state index contributed by atoms with van der Waals surface area (Å²) in [5, 5.41) is 14.2. The van der Waals surface area contributed by atoms with Crippen LogP contribution in [0.5, 0.6) is 0 Å². The van der Waals surface area contributed by atoms with Crippen molar-refractivity contribution in [1.29, 1.82) is 0 Å². The van der Waals surface area contributed by atoms with Crippen LogP contribution in [0.1, 0.15) is 35.6 Å². The van der Waals surface area contributed by atoms with Crippen molar-refractivity contribution in [3.05, 3.63) is 107 Å². The maximum atomic E-state index is 13.6. The number of hydrogen-bond acceptors (Lipinski definition) is 4. The fourth-order valence-electron chi connectivity index (χ4n) is 4.51. The van der Waals surface area contributed by atoms with Gasteiger partial charge in [-0.15, -0.1) is 0 Å². The normalized spacial score (nSPS) is 20.9. The molecule has 0 radical (unpaired) electrons. The van der Waals surface area contributed by atoms with Crippen molar-refractivity contribution in [1.82, 2.24) is 10.2 Å². The second kappa shape index (κ2) is 10.2. The topological polar surface area (TPSA) is 95.7 Å². The molecule has 1 aliphatic rings. The number of nitrogens with zero attached hydrogens (tertiary/aromatic N) is 1. The molecule has 1 fully saturated rings. The first-order valence-electron chi connectivity index (χ1n) is 11.3. The molecule has 2 amide bonds. The Morgan fingerprint density at radius 2 is 1.50 bits per heavy atom. The summed E-state index contributed by atoms with van der Waals surface area (Å²) in [4.78, 5) is 27.9. The zero-order chi connectivity index (χ0) is 24.2. The molecule has 0 aliphatic carbocycles. The summed E-state index contributed by atoms with van der Waals surface area (Å²) in [5.74, 6) is -1.86. The Morgan fingerprint density at radius 1 is 0.971 bits per heavy atom. The molecular weight excluding hydrogens is 433 g/mol. The van der Waals surface area contributed by atoms with E-state index < -0.39 is 47.8 Å². The van der Waals surface area contributed by atoms with Gasteiger partial charge in [0.2, 0.25) is 11.8 Å². The van der Waals surface area contributed by atoms with Crippen LogP contribution in [-0.4, -0.2) is 46.6 Å². The summed E-state index contributed by atoms with van der Waals surface area (Å²) in [5.41, 5.74) is 8.24. The van der Waals surface area contributed by atoms with Crippen molar-refractivity contribution >= 4 is 11.8 Å². The number of likely N-dealkylation sites (tertiary alicyclic amines) is 1. The van der Waals surface area contributed by atoms with E-state index in [2.05, 4.69) is 5.32 Å². The van der Waals surface area contributed by atoms with Gasteiger partial charge in [0, 0.05) is 12.5 Å². The van der Waals surface area contributed by atoms with Crippen molar-refractivity contribution in [2.45, 2.75) is 37.1 Å². The van der Waals surface area contributed by atoms with Crippen LogP contribution >= 0.6 is 0 Å². The molecule has 3 aromatic rings. The molecule has 1 saturated heterocycles. The van der Waals surface area contributed by atoms with Gasteiger partial charge >= 0.3 is 0 Å². The van der Waals surface area contributed by atoms with Crippen LogP contribution in [0, 0.1) is 5.82 Å². The van der Waals surface area contributed by atoms with E-state index in [1.54, 1.807) is 19.1 Å². The highest BCUT2D eigenvalue weighted by atomic mass is 19.1. The lowest BCUT2D eigenvalue weighted by molar-refractivity contribution is -0.141. The minimum absolute atomic E-state index is 0.104. The average Bonchev–Trinajstić information content (AvgIpc) is 3.20. The molecule has 3 aromatic carbocycles. The lowest BCUT2D eigenvalue weighted by Gasteiger charge is -2.29. The summed E-state index contributed by atoms with van der Waals surface area (Å²) in [6.45, 7) is 1.65. The number of rotatable bonds is 6. The van der Waals surface area contributed by atoms with Gasteiger partial charge in [-0.25, -0.2) is 4.39 Å². The first-order valence-corrected chi connectivity index (χ1v) is 11.3. The van der Waals surface area contributed by atoms with Crippen LogP contribution < -0.4 is 11.1 Å². The molecule has 176 valence electrons. The summed E-state index contributed by atoms with van der Waals surface area (Å²) >= 11 is 0. The van der Waals surface area contributed by atoms with Crippen molar-refractivity contribution in [2.75, 3.05) is 6.54 Å². The Kier molecular flexibility index (Phi) is 7.05. The van der Waals surface area contributed by atoms with Gasteiger partial charge < -0.3 is 21.1 Å². The van der Waals surface area contributed by atoms with E-state index in [-0.39, 0.29) is 6.54 Å². The molecule has 1 unspecified atom stereocenters. The van der Waals surface area contributed by atoms with Crippen LogP contribution in [0.4, 0.5) is 4.39 Å². The van der Waals surface area contributed by atoms with Crippen LogP contribution in [0.2, 0.25) is 0 Å². The van der Waals surface area contributed by atoms with Gasteiger partial charge in [-0.3, -0.25) is 9.59 Å². The van der Waals surface area contributed by atoms with Crippen LogP contribution in [-0.2, 0) is 9.59 Å². The Balaban J connectivity index is 1.66. The quantitative estimate of drug-likeness (QED) is 0.526. The third-order valence-corrected chi connectivity index (χ3v) is 6.26. The molecule has 4 atom stereocenters. The number of carbonyl (C=O) groups excluding carboxylic acids is 2. The molecule has 6 nitrogen and oxygen atoms in total. The molecule has 34 heavy (non-hydrogen) atoms. The number of hydrogen-bond donors (Lipinski definition) is 3. The maximum Gasteiger partial charge on any atom is 0.246 e. The second-order valence-corrected chi connectivity index (χ2v) is 8.64. The highest BCUT2D eigenvalue weighted by Crippen LogP contribution is 2.34. The van der Waals surface area contributed by atoms with Crippen LogP contribution in [0.15, 0.2) is 84.9 Å². The largest absolute Gasteiger partial charge is 0.390 e. The summed E-state index contributed by atoms with van der Waals surface area (Å²) < 4.78 is 13.4. The van der Waals surface area contributed by atoms with Crippen LogP contribution in [0.3, 0.4) is 0 Å². The molecule has 0 saturated carbocycles. The summed E-state index contributed by atoms with van der Waals surface area (Å²) in [6.07, 6.45) is -1.18. The van der Waals surface area contributed by atoms with Gasteiger partial charge in [0.1, 0.15) is 11.9 Å². The van der Waals surface area contributed by atoms with E-state index in [1.165, 1.54) is 17.0 Å². The highest BCUT2D eigenvalue weighted by Gasteiger charge is 2.48. The Labute approximate surface area is 198 Å². The molecule has 1 heterocycles. The minimum Gasteiger partial charge on any atom is -0.390 e. The van der Waals surface area contributed by atoms with Crippen molar-refractivity contribution in [3.63, 3.8) is 0 Å². The molecule has 4 rings (SSSR count). The van der Waals surface area contributed by atoms with Crippen molar-refractivity contribution < 1.29 is 19.1 Å². The molecule has 4 N–H and O–H groups in total. The molecule has 7 heteroatoms. The Morgan fingerprint density at radius 3 is 2.00 bits per heavy atom. The first kappa shape index (κ1) is 23.6. The number of aliphatic hydroxyl groups is 1. The zero-order valence-corrected chi connectivity index (χ0v) is 18.8. The first-order chi connectivity index (χ1) is 16.4. The molecule has 0 bridgehead atoms. The number of nitrogens with one attached hydrogen (secondary N) is 1. The number of amides is 2. The number of halogens is 1. The third-order valence-electron chi connectivity index (χ3n) is 6.26. The SMILES string of the molecule is C[C@H](N)C(=O)N1CC(c2ccc(F)cc2)[C@@H](O)[C@H]1C(=O)NC(c1ccccc1)c1ccccc1. The van der Waals surface area contributed by atoms with E-state index in [0.29, 0.717) is 5.56 Å². The van der Waals surface area contributed by atoms with Gasteiger partial charge in [-0.05, 0) is 35.7 Å². The molecule has 0 aromatic heterocycles. The fraction of sp³-hybridized carbons (Fsp3) is 0.259. The van der Waals surface area contributed by atoms with E-state index in [9.17, 15) is 19.1 Å². The minimum atomic E-state index is -1.18. The number of benzene rings is 3. The van der Waals surface area contributed by atoms with Gasteiger partial charge in [0.05, 0.1) is 18.2 Å². The van der Waals surface area contributed by atoms with Crippen molar-refractivity contribution in [2.24, 2.45) is 5.73 Å². The van der Waals surface area contributed by atoms with Gasteiger partial charge in [-0.2, -0.15) is 0 Å². The lowest BCUT2D eigenvalue weighted by Crippen LogP contribution is -2.54. The number of nitrogens with two attached hydrogens (primary N) is 1. The third kappa shape index (κ3) is 4.85. The Bertz CT molecular complexity index is 1080. The maximum absolute atomic E-state index is 13.6. The zero-order valence-electron chi connectivity index (χ0n) is 18.8. The lowest BCUT2D eigenvalue weighted by atomic mass is 9.92. The van der Waals surface area contributed by atoms with Crippen LogP contribution in [0.25, 0.3) is 0 Å². The average molecular weight is 462 g/mol. The van der Waals surface area contributed by atoms with Gasteiger partial charge in [0.25, 0.3) is 0 Å². The van der Waals surface area contributed by atoms with E-state index in [0.717, 1.165) is 11.1 Å². The van der Waals surface area contributed by atoms with E-state index in [1.807, 2.05) is 60.7 Å². The smallest absolute Gasteiger partial charge is 0.246 e. The Hall–Kier alpha value is -3.55. The standard InChI is InChI=1S/C27H28FN3O3/c1-17(29)27(34)31-16-22(18-12-14-21(28)15-13-18)25(32)24(31)26(33)30-23(19-8-4-2-5-9-19)20-10-6-3-7-11-20/h2-15,17,22-25,32H,16,29H2,1H3,(H,30,33)/t17-,22?,24-,25+/m0/s1.